The smallest absolute Gasteiger partial charge is 0.408 e. The van der Waals surface area contributed by atoms with Crippen molar-refractivity contribution in [3.05, 3.63) is 29.8 Å². The van der Waals surface area contributed by atoms with Crippen LogP contribution < -0.4 is 21.3 Å². The molecule has 1 rings (SSSR count). The van der Waals surface area contributed by atoms with Crippen molar-refractivity contribution in [3.63, 3.8) is 0 Å². The van der Waals surface area contributed by atoms with Crippen LogP contribution in [0.15, 0.2) is 24.3 Å². The van der Waals surface area contributed by atoms with Gasteiger partial charge in [0.05, 0.1) is 0 Å². The lowest BCUT2D eigenvalue weighted by Gasteiger charge is -2.22. The molecule has 3 amide bonds. The Morgan fingerprint density at radius 2 is 1.60 bits per heavy atom. The van der Waals surface area contributed by atoms with Gasteiger partial charge in [-0.25, -0.2) is 4.79 Å². The summed E-state index contributed by atoms with van der Waals surface area (Å²) < 4.78 is 5.13. The Bertz CT molecular complexity index is 728. The van der Waals surface area contributed by atoms with Crippen LogP contribution in [0.1, 0.15) is 54.0 Å². The Kier molecular flexibility index (Phi) is 9.78. The third-order valence-electron chi connectivity index (χ3n) is 4.04. The predicted molar refractivity (Wildman–Crippen MR) is 118 cm³/mol. The molecule has 0 bridgehead atoms. The van der Waals surface area contributed by atoms with Gasteiger partial charge in [-0.05, 0) is 65.3 Å². The first-order valence-electron chi connectivity index (χ1n) is 10.3. The summed E-state index contributed by atoms with van der Waals surface area (Å²) in [4.78, 5) is 36.5. The highest BCUT2D eigenvalue weighted by atomic mass is 16.6. The molecule has 30 heavy (non-hydrogen) atoms. The number of amides is 3. The standard InChI is InChI=1S/C22H36N4O4/c1-14(2)23-12-11-17-9-8-10-18(13-17)26-20(28)15(3)24-19(27)16(4)25-21(29)30-22(5,6)7/h8-10,13-16,23H,11-12H2,1-7H3,(H,24,27)(H,25,29)(H,26,28)/t15-,16-/m0/s1. The lowest BCUT2D eigenvalue weighted by atomic mass is 10.1. The molecule has 0 spiro atoms. The van der Waals surface area contributed by atoms with Gasteiger partial charge in [-0.1, -0.05) is 26.0 Å². The Balaban J connectivity index is 2.54. The molecule has 168 valence electrons. The average Bonchev–Trinajstić information content (AvgIpc) is 2.59. The third-order valence-corrected chi connectivity index (χ3v) is 4.04. The minimum Gasteiger partial charge on any atom is -0.444 e. The number of hydrogen-bond donors (Lipinski definition) is 4. The SMILES string of the molecule is CC(C)NCCc1cccc(NC(=O)[C@H](C)NC(=O)[C@H](C)NC(=O)OC(C)(C)C)c1. The van der Waals surface area contributed by atoms with E-state index in [0.717, 1.165) is 18.5 Å². The van der Waals surface area contributed by atoms with Gasteiger partial charge in [-0.2, -0.15) is 0 Å². The van der Waals surface area contributed by atoms with Crippen molar-refractivity contribution in [1.29, 1.82) is 0 Å². The quantitative estimate of drug-likeness (QED) is 0.491. The molecular weight excluding hydrogens is 384 g/mol. The van der Waals surface area contributed by atoms with Crippen LogP contribution in [0, 0.1) is 0 Å². The van der Waals surface area contributed by atoms with Crippen molar-refractivity contribution in [2.24, 2.45) is 0 Å². The van der Waals surface area contributed by atoms with E-state index in [1.807, 2.05) is 18.2 Å². The first-order valence-corrected chi connectivity index (χ1v) is 10.3. The van der Waals surface area contributed by atoms with Crippen LogP contribution in [-0.2, 0) is 20.7 Å². The van der Waals surface area contributed by atoms with Gasteiger partial charge in [0, 0.05) is 11.7 Å². The summed E-state index contributed by atoms with van der Waals surface area (Å²) in [5, 5.41) is 11.2. The Morgan fingerprint density at radius 3 is 2.20 bits per heavy atom. The van der Waals surface area contributed by atoms with Crippen LogP contribution in [-0.4, -0.2) is 48.2 Å². The van der Waals surface area contributed by atoms with Gasteiger partial charge in [-0.15, -0.1) is 0 Å². The summed E-state index contributed by atoms with van der Waals surface area (Å²) in [5.41, 5.74) is 1.11. The van der Waals surface area contributed by atoms with E-state index in [1.54, 1.807) is 33.8 Å². The number of rotatable bonds is 9. The molecule has 0 saturated heterocycles. The van der Waals surface area contributed by atoms with Crippen molar-refractivity contribution in [2.75, 3.05) is 11.9 Å². The van der Waals surface area contributed by atoms with Crippen molar-refractivity contribution >= 4 is 23.6 Å². The maximum absolute atomic E-state index is 12.4. The molecule has 0 saturated carbocycles. The van der Waals surface area contributed by atoms with Gasteiger partial charge >= 0.3 is 6.09 Å². The molecule has 8 nitrogen and oxygen atoms in total. The zero-order valence-corrected chi connectivity index (χ0v) is 19.1. The van der Waals surface area contributed by atoms with Crippen molar-refractivity contribution < 1.29 is 19.1 Å². The van der Waals surface area contributed by atoms with Gasteiger partial charge in [0.2, 0.25) is 11.8 Å². The highest BCUT2D eigenvalue weighted by Gasteiger charge is 2.23. The maximum Gasteiger partial charge on any atom is 0.408 e. The zero-order chi connectivity index (χ0) is 22.9. The van der Waals surface area contributed by atoms with E-state index in [9.17, 15) is 14.4 Å². The molecule has 4 N–H and O–H groups in total. The van der Waals surface area contributed by atoms with Gasteiger partial charge in [0.1, 0.15) is 17.7 Å². The van der Waals surface area contributed by atoms with E-state index in [0.29, 0.717) is 11.7 Å². The second-order valence-electron chi connectivity index (χ2n) is 8.65. The topological polar surface area (TPSA) is 109 Å². The van der Waals surface area contributed by atoms with Crippen molar-refractivity contribution in [1.82, 2.24) is 16.0 Å². The van der Waals surface area contributed by atoms with Crippen LogP contribution in [0.3, 0.4) is 0 Å². The number of alkyl carbamates (subject to hydrolysis) is 1. The molecule has 0 aromatic heterocycles. The normalized spacial score (nSPS) is 13.3. The molecule has 0 unspecified atom stereocenters. The molecule has 1 aromatic rings. The highest BCUT2D eigenvalue weighted by Crippen LogP contribution is 2.12. The van der Waals surface area contributed by atoms with E-state index < -0.39 is 29.7 Å². The molecule has 2 atom stereocenters. The largest absolute Gasteiger partial charge is 0.444 e. The average molecular weight is 421 g/mol. The second kappa shape index (κ2) is 11.5. The number of nitrogens with one attached hydrogen (secondary N) is 4. The number of benzene rings is 1. The summed E-state index contributed by atoms with van der Waals surface area (Å²) in [6.45, 7) is 13.4. The fourth-order valence-corrected chi connectivity index (χ4v) is 2.51. The van der Waals surface area contributed by atoms with Crippen LogP contribution >= 0.6 is 0 Å². The molecule has 0 aliphatic carbocycles. The predicted octanol–water partition coefficient (Wildman–Crippen LogP) is 2.58. The minimum atomic E-state index is -0.841. The molecule has 8 heteroatoms. The van der Waals surface area contributed by atoms with E-state index in [1.165, 1.54) is 6.92 Å². The Hall–Kier alpha value is -2.61. The fourth-order valence-electron chi connectivity index (χ4n) is 2.51. The summed E-state index contributed by atoms with van der Waals surface area (Å²) in [6, 6.07) is 6.42. The zero-order valence-electron chi connectivity index (χ0n) is 19.1. The van der Waals surface area contributed by atoms with E-state index in [4.69, 9.17) is 4.74 Å². The molecular formula is C22H36N4O4. The monoisotopic (exact) mass is 420 g/mol. The molecule has 0 radical (unpaired) electrons. The number of carbonyl (C=O) groups is 3. The highest BCUT2D eigenvalue weighted by molar-refractivity contribution is 5.97. The van der Waals surface area contributed by atoms with Crippen LogP contribution in [0.2, 0.25) is 0 Å². The number of hydrogen-bond acceptors (Lipinski definition) is 5. The number of anilines is 1. The van der Waals surface area contributed by atoms with Gasteiger partial charge in [0.25, 0.3) is 0 Å². The molecule has 1 aromatic carbocycles. The van der Waals surface area contributed by atoms with E-state index in [-0.39, 0.29) is 5.91 Å². The van der Waals surface area contributed by atoms with Crippen molar-refractivity contribution in [3.8, 4) is 0 Å². The second-order valence-corrected chi connectivity index (χ2v) is 8.65. The molecule has 0 aliphatic rings. The summed E-state index contributed by atoms with van der Waals surface area (Å²) in [6.07, 6.45) is 0.160. The Morgan fingerprint density at radius 1 is 0.967 bits per heavy atom. The minimum absolute atomic E-state index is 0.342. The molecule has 0 aliphatic heterocycles. The molecule has 0 heterocycles. The first-order chi connectivity index (χ1) is 13.9. The first kappa shape index (κ1) is 25.4. The maximum atomic E-state index is 12.4. The summed E-state index contributed by atoms with van der Waals surface area (Å²) in [7, 11) is 0. The summed E-state index contributed by atoms with van der Waals surface area (Å²) in [5.74, 6) is -0.817. The van der Waals surface area contributed by atoms with Gasteiger partial charge in [0.15, 0.2) is 0 Å². The number of carbonyl (C=O) groups excluding carboxylic acids is 3. The van der Waals surface area contributed by atoms with Gasteiger partial charge in [-0.3, -0.25) is 9.59 Å². The molecule has 0 fully saturated rings. The van der Waals surface area contributed by atoms with E-state index >= 15 is 0 Å². The van der Waals surface area contributed by atoms with Crippen LogP contribution in [0.25, 0.3) is 0 Å². The van der Waals surface area contributed by atoms with E-state index in [2.05, 4.69) is 35.1 Å². The van der Waals surface area contributed by atoms with Crippen LogP contribution in [0.4, 0.5) is 10.5 Å². The Labute approximate surface area is 179 Å². The lowest BCUT2D eigenvalue weighted by molar-refractivity contribution is -0.127. The number of ether oxygens (including phenoxy) is 1. The van der Waals surface area contributed by atoms with Gasteiger partial charge < -0.3 is 26.0 Å². The lowest BCUT2D eigenvalue weighted by Crippen LogP contribution is -2.51. The van der Waals surface area contributed by atoms with Crippen LogP contribution in [0.5, 0.6) is 0 Å². The fraction of sp³-hybridized carbons (Fsp3) is 0.591. The third kappa shape index (κ3) is 10.2. The van der Waals surface area contributed by atoms with Crippen molar-refractivity contribution in [2.45, 2.75) is 78.6 Å². The summed E-state index contributed by atoms with van der Waals surface area (Å²) >= 11 is 0.